The summed E-state index contributed by atoms with van der Waals surface area (Å²) in [6, 6.07) is 71.4. The highest BCUT2D eigenvalue weighted by Gasteiger charge is 2.18. The van der Waals surface area contributed by atoms with Gasteiger partial charge in [-0.1, -0.05) is 279 Å². The van der Waals surface area contributed by atoms with Crippen LogP contribution in [0.2, 0.25) is 0 Å². The van der Waals surface area contributed by atoms with E-state index in [0.29, 0.717) is 6.04 Å². The van der Waals surface area contributed by atoms with E-state index >= 15 is 0 Å². The third-order valence-electron chi connectivity index (χ3n) is 13.2. The molecule has 0 saturated carbocycles. The largest absolute Gasteiger partial charge is 0.338 e. The van der Waals surface area contributed by atoms with Crippen molar-refractivity contribution in [2.45, 2.75) is 143 Å². The molecule has 0 aliphatic heterocycles. The van der Waals surface area contributed by atoms with Crippen LogP contribution in [0, 0.1) is 13.8 Å². The predicted molar refractivity (Wildman–Crippen MR) is 356 cm³/mol. The zero-order valence-corrected chi connectivity index (χ0v) is 51.3. The molecule has 1 aromatic heterocycles. The first-order chi connectivity index (χ1) is 38.0. The molecule has 0 radical (unpaired) electrons. The summed E-state index contributed by atoms with van der Waals surface area (Å²) in [7, 11) is 0. The SMILES string of the molecule is C=C.CC.CC.CC.CC.CC(C)=C(C)c1cccc(-c2ccc(-c3ccccc3)cc2)c1.CC1=C(c2ccc3c4ccccc4n(C(C)C)c3c2C)C=CCC1.CCc1ccccc1-c1ccccc1.Cc1ccccc1. The van der Waals surface area contributed by atoms with Crippen LogP contribution in [0.25, 0.3) is 66.3 Å². The normalized spacial score (nSPS) is 10.7. The van der Waals surface area contributed by atoms with E-state index in [1.807, 2.05) is 73.6 Å². The Balaban J connectivity index is 0.000000356. The number of aromatic nitrogens is 1. The van der Waals surface area contributed by atoms with Crippen LogP contribution < -0.4 is 0 Å². The fraction of sp³-hybridized carbons (Fsp3) is 0.273. The first-order valence-corrected chi connectivity index (χ1v) is 29.0. The lowest BCUT2D eigenvalue weighted by Crippen LogP contribution is -2.03. The van der Waals surface area contributed by atoms with Gasteiger partial charge in [-0.3, -0.25) is 0 Å². The van der Waals surface area contributed by atoms with Crippen LogP contribution >= 0.6 is 0 Å². The summed E-state index contributed by atoms with van der Waals surface area (Å²) in [5.74, 6) is 0. The van der Waals surface area contributed by atoms with Crippen molar-refractivity contribution in [1.82, 2.24) is 4.57 Å². The summed E-state index contributed by atoms with van der Waals surface area (Å²) < 4.78 is 2.51. The summed E-state index contributed by atoms with van der Waals surface area (Å²) in [4.78, 5) is 0. The van der Waals surface area contributed by atoms with Gasteiger partial charge in [0.1, 0.15) is 0 Å². The van der Waals surface area contributed by atoms with Gasteiger partial charge < -0.3 is 4.57 Å². The minimum absolute atomic E-state index is 0.443. The first-order valence-electron chi connectivity index (χ1n) is 29.0. The van der Waals surface area contributed by atoms with Crippen molar-refractivity contribution in [3.05, 3.63) is 264 Å². The number of hydrogen-bond acceptors (Lipinski definition) is 0. The van der Waals surface area contributed by atoms with Gasteiger partial charge in [-0.25, -0.2) is 0 Å². The van der Waals surface area contributed by atoms with E-state index in [1.165, 1.54) is 118 Å². The molecule has 1 heteroatoms. The minimum atomic E-state index is 0.443. The van der Waals surface area contributed by atoms with Crippen molar-refractivity contribution in [3.8, 4) is 33.4 Å². The van der Waals surface area contributed by atoms with Gasteiger partial charge in [-0.2, -0.15) is 0 Å². The summed E-state index contributed by atoms with van der Waals surface area (Å²) in [6.07, 6.45) is 8.06. The first kappa shape index (κ1) is 66.6. The Labute approximate surface area is 475 Å². The molecule has 78 heavy (non-hydrogen) atoms. The lowest BCUT2D eigenvalue weighted by molar-refractivity contribution is 0.641. The van der Waals surface area contributed by atoms with E-state index in [1.54, 1.807) is 0 Å². The van der Waals surface area contributed by atoms with Gasteiger partial charge in [0.25, 0.3) is 0 Å². The van der Waals surface area contributed by atoms with Gasteiger partial charge in [0.2, 0.25) is 0 Å². The van der Waals surface area contributed by atoms with Crippen molar-refractivity contribution in [3.63, 3.8) is 0 Å². The average molecular weight is 1040 g/mol. The second-order valence-electron chi connectivity index (χ2n) is 18.4. The summed E-state index contributed by atoms with van der Waals surface area (Å²) in [6.45, 7) is 41.9. The van der Waals surface area contributed by atoms with E-state index in [2.05, 4.69) is 274 Å². The molecule has 0 atom stereocenters. The number of allylic oxidation sites excluding steroid dienone is 6. The van der Waals surface area contributed by atoms with Crippen LogP contribution in [-0.4, -0.2) is 4.57 Å². The van der Waals surface area contributed by atoms with E-state index in [9.17, 15) is 0 Å². The second kappa shape index (κ2) is 37.3. The molecule has 0 spiro atoms. The molecule has 410 valence electrons. The second-order valence-corrected chi connectivity index (χ2v) is 18.4. The van der Waals surface area contributed by atoms with Crippen LogP contribution in [0.5, 0.6) is 0 Å². The molecule has 9 aromatic rings. The Kier molecular flexibility index (Phi) is 31.9. The van der Waals surface area contributed by atoms with Gasteiger partial charge in [-0.15, -0.1) is 13.2 Å². The number of rotatable bonds is 7. The molecule has 8 aromatic carbocycles. The number of nitrogens with zero attached hydrogens (tertiary/aromatic N) is 1. The fourth-order valence-corrected chi connectivity index (χ4v) is 9.15. The quantitative estimate of drug-likeness (QED) is 0.140. The van der Waals surface area contributed by atoms with E-state index in [4.69, 9.17) is 0 Å². The van der Waals surface area contributed by atoms with E-state index in [0.717, 1.165) is 6.42 Å². The zero-order valence-electron chi connectivity index (χ0n) is 51.3. The highest BCUT2D eigenvalue weighted by atomic mass is 15.0. The predicted octanol–water partition coefficient (Wildman–Crippen LogP) is 24.5. The van der Waals surface area contributed by atoms with Crippen LogP contribution in [0.15, 0.2) is 237 Å². The monoisotopic (exact) mass is 1040 g/mol. The van der Waals surface area contributed by atoms with Crippen molar-refractivity contribution >= 4 is 33.0 Å². The standard InChI is InChI=1S/C23H25N.C23H22.C14H14.C7H8.4C2H6.C2H4/c1-15(2)24-22-12-8-7-11-20(22)21-14-13-19(17(4)23(21)24)18-10-6-5-9-16(18)3;1-17(2)18(3)22-10-7-11-23(16-22)21-14-12-20(13-15-21)19-8-5-4-6-9-19;1-2-12-8-6-7-11-14(12)13-9-4-3-5-10-13;1-7-5-3-2-4-6-7;5*1-2/h6-8,10-15H,5,9H2,1-4H3;4-16H,1-3H3;3-11H,2H2,1H3;2-6H,1H3;4*1-2H3;1-2H2. The molecule has 0 bridgehead atoms. The summed E-state index contributed by atoms with van der Waals surface area (Å²) >= 11 is 0. The number of fused-ring (bicyclic) bond motifs is 3. The van der Waals surface area contributed by atoms with E-state index < -0.39 is 0 Å². The van der Waals surface area contributed by atoms with Gasteiger partial charge in [0.05, 0.1) is 5.52 Å². The Morgan fingerprint density at radius 2 is 0.974 bits per heavy atom. The molecule has 0 unspecified atom stereocenters. The Bertz CT molecular complexity index is 3150. The lowest BCUT2D eigenvalue weighted by Gasteiger charge is -2.18. The highest BCUT2D eigenvalue weighted by Crippen LogP contribution is 2.38. The van der Waals surface area contributed by atoms with Crippen LogP contribution in [0.1, 0.15) is 151 Å². The minimum Gasteiger partial charge on any atom is -0.338 e. The van der Waals surface area contributed by atoms with Crippen molar-refractivity contribution in [2.75, 3.05) is 0 Å². The maximum absolute atomic E-state index is 3.00. The molecule has 1 nitrogen and oxygen atoms in total. The Morgan fingerprint density at radius 3 is 1.50 bits per heavy atom. The Hall–Kier alpha value is -7.48. The molecule has 0 fully saturated rings. The molecule has 0 N–H and O–H groups in total. The van der Waals surface area contributed by atoms with Crippen molar-refractivity contribution in [2.24, 2.45) is 0 Å². The van der Waals surface area contributed by atoms with E-state index in [-0.39, 0.29) is 0 Å². The molecule has 10 rings (SSSR count). The number of benzene rings is 8. The maximum atomic E-state index is 3.00. The lowest BCUT2D eigenvalue weighted by atomic mass is 9.90. The molecule has 1 aliphatic rings. The number of para-hydroxylation sites is 1. The van der Waals surface area contributed by atoms with Gasteiger partial charge in [-0.05, 0) is 154 Å². The third-order valence-corrected chi connectivity index (χ3v) is 13.2. The van der Waals surface area contributed by atoms with Crippen molar-refractivity contribution < 1.29 is 0 Å². The summed E-state index contributed by atoms with van der Waals surface area (Å²) in [5.41, 5.74) is 22.9. The van der Waals surface area contributed by atoms with Crippen LogP contribution in [-0.2, 0) is 6.42 Å². The zero-order chi connectivity index (χ0) is 58.0. The fourth-order valence-electron chi connectivity index (χ4n) is 9.15. The maximum Gasteiger partial charge on any atom is 0.0529 e. The van der Waals surface area contributed by atoms with Gasteiger partial charge >= 0.3 is 0 Å². The highest BCUT2D eigenvalue weighted by molar-refractivity contribution is 6.10. The van der Waals surface area contributed by atoms with Gasteiger partial charge in [0.15, 0.2) is 0 Å². The molecule has 1 aliphatic carbocycles. The van der Waals surface area contributed by atoms with Crippen LogP contribution in [0.3, 0.4) is 0 Å². The molecule has 0 saturated heterocycles. The number of hydrogen-bond donors (Lipinski definition) is 0. The molecular weight excluding hydrogens is 939 g/mol. The average Bonchev–Trinajstić information content (AvgIpc) is 3.96. The Morgan fingerprint density at radius 1 is 0.487 bits per heavy atom. The molecule has 1 heterocycles. The van der Waals surface area contributed by atoms with Crippen molar-refractivity contribution in [1.29, 1.82) is 0 Å². The van der Waals surface area contributed by atoms with Crippen LogP contribution in [0.4, 0.5) is 0 Å². The number of aryl methyl sites for hydroxylation is 3. The molecular formula is C77H97N. The van der Waals surface area contributed by atoms with Gasteiger partial charge in [0, 0.05) is 22.3 Å². The smallest absolute Gasteiger partial charge is 0.0529 e. The topological polar surface area (TPSA) is 4.93 Å². The third kappa shape index (κ3) is 18.9. The molecule has 0 amide bonds. The summed E-state index contributed by atoms with van der Waals surface area (Å²) in [5, 5.41) is 2.74.